The lowest BCUT2D eigenvalue weighted by Gasteiger charge is -2.31. The molecule has 1 unspecified atom stereocenters. The van der Waals surface area contributed by atoms with Gasteiger partial charge in [-0.3, -0.25) is 0 Å². The Morgan fingerprint density at radius 1 is 1.40 bits per heavy atom. The maximum atomic E-state index is 12.0. The van der Waals surface area contributed by atoms with Crippen molar-refractivity contribution >= 4 is 12.0 Å². The van der Waals surface area contributed by atoms with E-state index < -0.39 is 11.5 Å². The molecule has 0 radical (unpaired) electrons. The summed E-state index contributed by atoms with van der Waals surface area (Å²) in [5, 5.41) is 11.9. The number of carbonyl (C=O) groups is 2. The highest BCUT2D eigenvalue weighted by molar-refractivity contribution is 5.86. The highest BCUT2D eigenvalue weighted by Gasteiger charge is 2.45. The van der Waals surface area contributed by atoms with Crippen LogP contribution in [0.5, 0.6) is 0 Å². The Kier molecular flexibility index (Phi) is 6.22. The zero-order valence-electron chi connectivity index (χ0n) is 12.5. The van der Waals surface area contributed by atoms with E-state index in [0.29, 0.717) is 32.7 Å². The van der Waals surface area contributed by atoms with E-state index in [1.807, 2.05) is 19.0 Å². The van der Waals surface area contributed by atoms with Crippen LogP contribution < -0.4 is 5.32 Å². The third kappa shape index (κ3) is 4.35. The summed E-state index contributed by atoms with van der Waals surface area (Å²) in [6.45, 7) is 4.33. The van der Waals surface area contributed by atoms with Gasteiger partial charge in [0.2, 0.25) is 0 Å². The fourth-order valence-electron chi connectivity index (χ4n) is 2.19. The van der Waals surface area contributed by atoms with Crippen molar-refractivity contribution in [1.82, 2.24) is 15.1 Å². The number of carbonyl (C=O) groups excluding carboxylic acids is 1. The Hall–Kier alpha value is -1.34. The van der Waals surface area contributed by atoms with E-state index in [4.69, 9.17) is 4.74 Å². The van der Waals surface area contributed by atoms with Crippen LogP contribution in [0.25, 0.3) is 0 Å². The van der Waals surface area contributed by atoms with E-state index in [2.05, 4.69) is 5.32 Å². The van der Waals surface area contributed by atoms with Gasteiger partial charge >= 0.3 is 12.0 Å². The molecule has 1 aliphatic rings. The molecular formula is C13H25N3O4. The molecule has 0 saturated carbocycles. The Labute approximate surface area is 119 Å². The van der Waals surface area contributed by atoms with Crippen molar-refractivity contribution in [2.24, 2.45) is 0 Å². The molecule has 2 N–H and O–H groups in total. The van der Waals surface area contributed by atoms with E-state index in [1.54, 1.807) is 6.92 Å². The molecule has 2 amide bonds. The maximum Gasteiger partial charge on any atom is 0.329 e. The monoisotopic (exact) mass is 287 g/mol. The maximum absolute atomic E-state index is 12.0. The topological polar surface area (TPSA) is 82.1 Å². The summed E-state index contributed by atoms with van der Waals surface area (Å²) in [7, 11) is 3.93. The van der Waals surface area contributed by atoms with Crippen LogP contribution in [0.15, 0.2) is 0 Å². The van der Waals surface area contributed by atoms with Gasteiger partial charge in [0.1, 0.15) is 5.54 Å². The van der Waals surface area contributed by atoms with Crippen molar-refractivity contribution in [3.8, 4) is 0 Å². The first-order chi connectivity index (χ1) is 9.38. The van der Waals surface area contributed by atoms with Crippen LogP contribution >= 0.6 is 0 Å². The second kappa shape index (κ2) is 7.44. The lowest BCUT2D eigenvalue weighted by atomic mass is 10.00. The lowest BCUT2D eigenvalue weighted by Crippen LogP contribution is -2.54. The Bertz CT molecular complexity index is 349. The molecule has 1 heterocycles. The second-order valence-corrected chi connectivity index (χ2v) is 5.48. The number of likely N-dealkylation sites (N-methyl/N-ethyl adjacent to an activating group) is 1. The SMILES string of the molecule is CN(C)CCOCCNC(=O)N1CCCC1(C)C(=O)O. The minimum absolute atomic E-state index is 0.330. The fourth-order valence-corrected chi connectivity index (χ4v) is 2.19. The average molecular weight is 287 g/mol. The molecule has 1 atom stereocenters. The van der Waals surface area contributed by atoms with Crippen LogP contribution in [0.2, 0.25) is 0 Å². The van der Waals surface area contributed by atoms with Gasteiger partial charge in [0.25, 0.3) is 0 Å². The molecule has 1 fully saturated rings. The standard InChI is InChI=1S/C13H25N3O4/c1-13(11(17)18)5-4-7-16(13)12(19)14-6-9-20-10-8-15(2)3/h4-10H2,1-3H3,(H,14,19)(H,17,18). The molecule has 0 spiro atoms. The van der Waals surface area contributed by atoms with Crippen molar-refractivity contribution in [1.29, 1.82) is 0 Å². The summed E-state index contributed by atoms with van der Waals surface area (Å²) in [6.07, 6.45) is 1.21. The van der Waals surface area contributed by atoms with E-state index in [-0.39, 0.29) is 6.03 Å². The minimum atomic E-state index is -1.09. The summed E-state index contributed by atoms with van der Waals surface area (Å²) < 4.78 is 5.37. The molecule has 116 valence electrons. The Balaban J connectivity index is 2.27. The summed E-state index contributed by atoms with van der Waals surface area (Å²) >= 11 is 0. The molecule has 1 rings (SSSR count). The molecule has 20 heavy (non-hydrogen) atoms. The van der Waals surface area contributed by atoms with Gasteiger partial charge in [-0.1, -0.05) is 0 Å². The molecule has 1 aliphatic heterocycles. The largest absolute Gasteiger partial charge is 0.480 e. The summed E-state index contributed by atoms with van der Waals surface area (Å²) in [5.41, 5.74) is -1.09. The highest BCUT2D eigenvalue weighted by atomic mass is 16.5. The van der Waals surface area contributed by atoms with Gasteiger partial charge in [-0.15, -0.1) is 0 Å². The predicted octanol–water partition coefficient (Wildman–Crippen LogP) is 0.213. The first kappa shape index (κ1) is 16.7. The number of carboxylic acid groups (broad SMARTS) is 1. The van der Waals surface area contributed by atoms with Gasteiger partial charge in [-0.25, -0.2) is 9.59 Å². The van der Waals surface area contributed by atoms with Crippen molar-refractivity contribution in [3.05, 3.63) is 0 Å². The van der Waals surface area contributed by atoms with E-state index >= 15 is 0 Å². The average Bonchev–Trinajstić information content (AvgIpc) is 2.76. The van der Waals surface area contributed by atoms with Gasteiger partial charge in [-0.2, -0.15) is 0 Å². The predicted molar refractivity (Wildman–Crippen MR) is 74.8 cm³/mol. The van der Waals surface area contributed by atoms with Crippen LogP contribution in [0.4, 0.5) is 4.79 Å². The zero-order chi connectivity index (χ0) is 15.2. The smallest absolute Gasteiger partial charge is 0.329 e. The third-order valence-corrected chi connectivity index (χ3v) is 3.55. The fraction of sp³-hybridized carbons (Fsp3) is 0.846. The number of likely N-dealkylation sites (tertiary alicyclic amines) is 1. The molecule has 0 bridgehead atoms. The van der Waals surface area contributed by atoms with E-state index in [9.17, 15) is 14.7 Å². The minimum Gasteiger partial charge on any atom is -0.480 e. The molecule has 0 aromatic rings. The van der Waals surface area contributed by atoms with Gasteiger partial charge in [0.05, 0.1) is 13.2 Å². The number of ether oxygens (including phenoxy) is 1. The lowest BCUT2D eigenvalue weighted by molar-refractivity contribution is -0.147. The van der Waals surface area contributed by atoms with Crippen molar-refractivity contribution < 1.29 is 19.4 Å². The van der Waals surface area contributed by atoms with Gasteiger partial charge < -0.3 is 25.0 Å². The zero-order valence-corrected chi connectivity index (χ0v) is 12.5. The molecule has 0 aromatic carbocycles. The number of carboxylic acids is 1. The van der Waals surface area contributed by atoms with Crippen molar-refractivity contribution in [3.63, 3.8) is 0 Å². The molecule has 0 aliphatic carbocycles. The van der Waals surface area contributed by atoms with Gasteiger partial charge in [0, 0.05) is 19.6 Å². The van der Waals surface area contributed by atoms with Gasteiger partial charge in [0.15, 0.2) is 0 Å². The van der Waals surface area contributed by atoms with Crippen LogP contribution in [0, 0.1) is 0 Å². The first-order valence-electron chi connectivity index (χ1n) is 6.89. The van der Waals surface area contributed by atoms with E-state index in [1.165, 1.54) is 4.90 Å². The number of hydrogen-bond donors (Lipinski definition) is 2. The Morgan fingerprint density at radius 2 is 2.10 bits per heavy atom. The number of hydrogen-bond acceptors (Lipinski definition) is 4. The van der Waals surface area contributed by atoms with Crippen LogP contribution in [0.1, 0.15) is 19.8 Å². The summed E-state index contributed by atoms with van der Waals surface area (Å²) in [6, 6.07) is -0.330. The quantitative estimate of drug-likeness (QED) is 0.654. The highest BCUT2D eigenvalue weighted by Crippen LogP contribution is 2.28. The Morgan fingerprint density at radius 3 is 2.70 bits per heavy atom. The number of urea groups is 1. The van der Waals surface area contributed by atoms with Crippen molar-refractivity contribution in [2.45, 2.75) is 25.3 Å². The molecule has 1 saturated heterocycles. The molecule has 7 nitrogen and oxygen atoms in total. The number of aliphatic carboxylic acids is 1. The number of nitrogens with zero attached hydrogens (tertiary/aromatic N) is 2. The molecular weight excluding hydrogens is 262 g/mol. The number of amides is 2. The van der Waals surface area contributed by atoms with E-state index in [0.717, 1.165) is 13.0 Å². The van der Waals surface area contributed by atoms with Crippen LogP contribution in [-0.2, 0) is 9.53 Å². The molecule has 7 heteroatoms. The van der Waals surface area contributed by atoms with Crippen molar-refractivity contribution in [2.75, 3.05) is 46.9 Å². The molecule has 0 aromatic heterocycles. The second-order valence-electron chi connectivity index (χ2n) is 5.48. The summed E-state index contributed by atoms with van der Waals surface area (Å²) in [5.74, 6) is -0.951. The third-order valence-electron chi connectivity index (χ3n) is 3.55. The van der Waals surface area contributed by atoms with Gasteiger partial charge in [-0.05, 0) is 33.9 Å². The first-order valence-corrected chi connectivity index (χ1v) is 6.89. The number of nitrogens with one attached hydrogen (secondary N) is 1. The normalized spacial score (nSPS) is 22.3. The van der Waals surface area contributed by atoms with Crippen LogP contribution in [0.3, 0.4) is 0 Å². The summed E-state index contributed by atoms with van der Waals surface area (Å²) in [4.78, 5) is 26.7. The number of rotatable bonds is 7. The van der Waals surface area contributed by atoms with Crippen LogP contribution in [-0.4, -0.2) is 79.4 Å².